The third-order valence-electron chi connectivity index (χ3n) is 3.72. The van der Waals surface area contributed by atoms with Crippen molar-refractivity contribution in [3.8, 4) is 11.3 Å². The van der Waals surface area contributed by atoms with E-state index in [2.05, 4.69) is 25.4 Å². The first-order valence-corrected chi connectivity index (χ1v) is 7.43. The van der Waals surface area contributed by atoms with E-state index in [1.807, 2.05) is 42.5 Å². The highest BCUT2D eigenvalue weighted by molar-refractivity contribution is 5.88. The highest BCUT2D eigenvalue weighted by atomic mass is 16.1. The molecule has 116 valence electrons. The van der Waals surface area contributed by atoms with E-state index in [1.165, 1.54) is 0 Å². The fraction of sp³-hybridized carbons (Fsp3) is 0. The van der Waals surface area contributed by atoms with Gasteiger partial charge in [0.05, 0.1) is 11.4 Å². The molecule has 0 saturated heterocycles. The van der Waals surface area contributed by atoms with Gasteiger partial charge in [0.1, 0.15) is 0 Å². The second kappa shape index (κ2) is 5.92. The SMILES string of the molecule is O=c1[nH][nH]c(-c2ccc3ccccc3c2)c1N=Nc1ccncc1. The fourth-order valence-electron chi connectivity index (χ4n) is 2.52. The summed E-state index contributed by atoms with van der Waals surface area (Å²) >= 11 is 0. The third-order valence-corrected chi connectivity index (χ3v) is 3.72. The van der Waals surface area contributed by atoms with E-state index in [0.29, 0.717) is 11.4 Å². The molecule has 2 aromatic heterocycles. The van der Waals surface area contributed by atoms with Crippen LogP contribution in [0.1, 0.15) is 0 Å². The molecule has 2 N–H and O–H groups in total. The molecule has 0 spiro atoms. The normalized spacial score (nSPS) is 11.3. The second-order valence-corrected chi connectivity index (χ2v) is 5.27. The quantitative estimate of drug-likeness (QED) is 0.551. The average molecular weight is 315 g/mol. The van der Waals surface area contributed by atoms with Crippen LogP contribution in [-0.4, -0.2) is 15.2 Å². The van der Waals surface area contributed by atoms with E-state index < -0.39 is 0 Å². The van der Waals surface area contributed by atoms with Gasteiger partial charge in [-0.15, -0.1) is 5.11 Å². The Labute approximate surface area is 136 Å². The molecule has 0 amide bonds. The van der Waals surface area contributed by atoms with Gasteiger partial charge in [-0.05, 0) is 29.0 Å². The fourth-order valence-corrected chi connectivity index (χ4v) is 2.52. The number of nitrogens with zero attached hydrogens (tertiary/aromatic N) is 3. The van der Waals surface area contributed by atoms with Crippen molar-refractivity contribution in [3.63, 3.8) is 0 Å². The Morgan fingerprint density at radius 3 is 2.46 bits per heavy atom. The predicted octanol–water partition coefficient (Wildman–Crippen LogP) is 4.33. The predicted molar refractivity (Wildman–Crippen MR) is 92.8 cm³/mol. The zero-order chi connectivity index (χ0) is 16.4. The zero-order valence-corrected chi connectivity index (χ0v) is 12.6. The molecule has 0 atom stereocenters. The minimum absolute atomic E-state index is 0.252. The maximum atomic E-state index is 12.0. The number of hydrogen-bond donors (Lipinski definition) is 2. The number of rotatable bonds is 3. The molecule has 6 heteroatoms. The van der Waals surface area contributed by atoms with Crippen LogP contribution >= 0.6 is 0 Å². The van der Waals surface area contributed by atoms with Crippen LogP contribution in [0.4, 0.5) is 11.4 Å². The molecule has 0 radical (unpaired) electrons. The number of fused-ring (bicyclic) bond motifs is 1. The standard InChI is InChI=1S/C18H13N5O/c24-18-17(22-20-15-7-9-19-10-8-15)16(21-23-18)14-6-5-12-3-1-2-4-13(12)11-14/h1-11H,(H2,21,23,24). The molecule has 0 unspecified atom stereocenters. The van der Waals surface area contributed by atoms with E-state index in [9.17, 15) is 4.79 Å². The molecule has 2 heterocycles. The molecule has 24 heavy (non-hydrogen) atoms. The lowest BCUT2D eigenvalue weighted by Gasteiger charge is -2.02. The lowest BCUT2D eigenvalue weighted by molar-refractivity contribution is 1.06. The lowest BCUT2D eigenvalue weighted by Crippen LogP contribution is -1.96. The Bertz CT molecular complexity index is 1080. The third kappa shape index (κ3) is 2.61. The topological polar surface area (TPSA) is 86.3 Å². The number of nitrogens with one attached hydrogen (secondary N) is 2. The molecule has 0 aliphatic carbocycles. The molecule has 0 aliphatic rings. The van der Waals surface area contributed by atoms with Gasteiger partial charge in [0.25, 0.3) is 5.56 Å². The summed E-state index contributed by atoms with van der Waals surface area (Å²) in [4.78, 5) is 16.0. The molecule has 2 aromatic carbocycles. The van der Waals surface area contributed by atoms with E-state index in [0.717, 1.165) is 16.3 Å². The van der Waals surface area contributed by atoms with Gasteiger partial charge >= 0.3 is 0 Å². The van der Waals surface area contributed by atoms with Crippen LogP contribution in [0.25, 0.3) is 22.0 Å². The van der Waals surface area contributed by atoms with Crippen LogP contribution in [0.15, 0.2) is 82.0 Å². The van der Waals surface area contributed by atoms with Crippen molar-refractivity contribution in [1.82, 2.24) is 15.2 Å². The number of aromatic nitrogens is 3. The summed E-state index contributed by atoms with van der Waals surface area (Å²) in [5, 5.41) is 15.9. The van der Waals surface area contributed by atoms with Crippen LogP contribution in [-0.2, 0) is 0 Å². The van der Waals surface area contributed by atoms with Crippen LogP contribution in [0.3, 0.4) is 0 Å². The lowest BCUT2D eigenvalue weighted by atomic mass is 10.0. The Hall–Kier alpha value is -3.54. The maximum absolute atomic E-state index is 12.0. The minimum atomic E-state index is -0.309. The van der Waals surface area contributed by atoms with Gasteiger partial charge in [-0.25, -0.2) is 0 Å². The van der Waals surface area contributed by atoms with Crippen molar-refractivity contribution in [2.45, 2.75) is 0 Å². The molecular weight excluding hydrogens is 302 g/mol. The van der Waals surface area contributed by atoms with Gasteiger partial charge in [0, 0.05) is 18.0 Å². The van der Waals surface area contributed by atoms with E-state index >= 15 is 0 Å². The number of aromatic amines is 2. The Morgan fingerprint density at radius 1 is 0.833 bits per heavy atom. The number of azo groups is 1. The number of H-pyrrole nitrogens is 2. The zero-order valence-electron chi connectivity index (χ0n) is 12.6. The molecule has 4 aromatic rings. The summed E-state index contributed by atoms with van der Waals surface area (Å²) in [6, 6.07) is 17.5. The van der Waals surface area contributed by atoms with Crippen molar-refractivity contribution in [3.05, 3.63) is 77.3 Å². The van der Waals surface area contributed by atoms with Gasteiger partial charge in [-0.1, -0.05) is 36.4 Å². The first-order valence-electron chi connectivity index (χ1n) is 7.43. The van der Waals surface area contributed by atoms with E-state index in [4.69, 9.17) is 0 Å². The average Bonchev–Trinajstić information content (AvgIpc) is 3.01. The summed E-state index contributed by atoms with van der Waals surface area (Å²) in [6.45, 7) is 0. The van der Waals surface area contributed by atoms with E-state index in [-0.39, 0.29) is 11.2 Å². The van der Waals surface area contributed by atoms with Crippen molar-refractivity contribution in [2.24, 2.45) is 10.2 Å². The molecule has 0 bridgehead atoms. The summed E-state index contributed by atoms with van der Waals surface area (Å²) in [5.74, 6) is 0. The van der Waals surface area contributed by atoms with Crippen LogP contribution < -0.4 is 5.56 Å². The highest BCUT2D eigenvalue weighted by Crippen LogP contribution is 2.29. The monoisotopic (exact) mass is 315 g/mol. The number of hydrogen-bond acceptors (Lipinski definition) is 4. The van der Waals surface area contributed by atoms with Gasteiger partial charge in [-0.3, -0.25) is 20.0 Å². The Balaban J connectivity index is 1.78. The highest BCUT2D eigenvalue weighted by Gasteiger charge is 2.12. The smallest absolute Gasteiger partial charge is 0.292 e. The van der Waals surface area contributed by atoms with Crippen molar-refractivity contribution in [2.75, 3.05) is 0 Å². The van der Waals surface area contributed by atoms with Gasteiger partial charge < -0.3 is 0 Å². The van der Waals surface area contributed by atoms with Gasteiger partial charge in [-0.2, -0.15) is 5.11 Å². The summed E-state index contributed by atoms with van der Waals surface area (Å²) < 4.78 is 0. The first-order chi connectivity index (χ1) is 11.8. The van der Waals surface area contributed by atoms with Crippen molar-refractivity contribution < 1.29 is 0 Å². The van der Waals surface area contributed by atoms with Crippen molar-refractivity contribution >= 4 is 22.1 Å². The number of pyridine rings is 1. The van der Waals surface area contributed by atoms with Crippen LogP contribution in [0.5, 0.6) is 0 Å². The van der Waals surface area contributed by atoms with Crippen LogP contribution in [0, 0.1) is 0 Å². The molecule has 4 rings (SSSR count). The summed E-state index contributed by atoms with van der Waals surface area (Å²) in [5.41, 5.74) is 2.06. The largest absolute Gasteiger partial charge is 0.295 e. The number of benzene rings is 2. The Morgan fingerprint density at radius 2 is 1.62 bits per heavy atom. The van der Waals surface area contributed by atoms with Crippen molar-refractivity contribution in [1.29, 1.82) is 0 Å². The molecule has 0 fully saturated rings. The van der Waals surface area contributed by atoms with E-state index in [1.54, 1.807) is 24.5 Å². The minimum Gasteiger partial charge on any atom is -0.295 e. The Kier molecular flexibility index (Phi) is 3.47. The summed E-state index contributed by atoms with van der Waals surface area (Å²) in [7, 11) is 0. The molecular formula is C18H13N5O. The summed E-state index contributed by atoms with van der Waals surface area (Å²) in [6.07, 6.45) is 3.25. The first kappa shape index (κ1) is 14.1. The molecule has 0 aliphatic heterocycles. The van der Waals surface area contributed by atoms with Gasteiger partial charge in [0.15, 0.2) is 5.69 Å². The van der Waals surface area contributed by atoms with Gasteiger partial charge in [0.2, 0.25) is 0 Å². The van der Waals surface area contributed by atoms with Crippen LogP contribution in [0.2, 0.25) is 0 Å². The maximum Gasteiger partial charge on any atom is 0.292 e. The molecule has 0 saturated carbocycles. The second-order valence-electron chi connectivity index (χ2n) is 5.27. The molecule has 6 nitrogen and oxygen atoms in total.